The first-order valence-electron chi connectivity index (χ1n) is 6.89. The van der Waals surface area contributed by atoms with Gasteiger partial charge in [0.25, 0.3) is 0 Å². The third-order valence-corrected chi connectivity index (χ3v) is 3.61. The van der Waals surface area contributed by atoms with Gasteiger partial charge in [-0.1, -0.05) is 19.8 Å². The second-order valence-electron chi connectivity index (χ2n) is 5.00. The summed E-state index contributed by atoms with van der Waals surface area (Å²) in [4.78, 5) is 8.66. The van der Waals surface area contributed by atoms with Crippen LogP contribution in [0.2, 0.25) is 0 Å². The predicted octanol–water partition coefficient (Wildman–Crippen LogP) is 2.89. The van der Waals surface area contributed by atoms with Crippen LogP contribution in [0.1, 0.15) is 57.1 Å². The molecule has 0 aliphatic heterocycles. The normalized spacial score (nSPS) is 25.5. The topological polar surface area (TPSA) is 37.8 Å². The molecular formula is C14H23N3. The first-order valence-corrected chi connectivity index (χ1v) is 6.89. The van der Waals surface area contributed by atoms with Crippen molar-refractivity contribution in [3.05, 3.63) is 24.3 Å². The van der Waals surface area contributed by atoms with Crippen molar-refractivity contribution in [2.75, 3.05) is 6.54 Å². The Balaban J connectivity index is 1.97. The van der Waals surface area contributed by atoms with Gasteiger partial charge in [0.1, 0.15) is 0 Å². The van der Waals surface area contributed by atoms with E-state index in [9.17, 15) is 0 Å². The molecule has 2 rings (SSSR count). The SMILES string of the molecule is CCCNC1CCCCC(c2cnccn2)C1. The average molecular weight is 233 g/mol. The van der Waals surface area contributed by atoms with Crippen molar-refractivity contribution in [3.8, 4) is 0 Å². The van der Waals surface area contributed by atoms with Gasteiger partial charge in [-0.2, -0.15) is 0 Å². The van der Waals surface area contributed by atoms with Gasteiger partial charge in [-0.25, -0.2) is 0 Å². The zero-order valence-corrected chi connectivity index (χ0v) is 10.7. The summed E-state index contributed by atoms with van der Waals surface area (Å²) in [5, 5.41) is 3.66. The minimum atomic E-state index is 0.598. The Bertz CT molecular complexity index is 313. The van der Waals surface area contributed by atoms with Crippen molar-refractivity contribution in [2.24, 2.45) is 0 Å². The van der Waals surface area contributed by atoms with Crippen molar-refractivity contribution in [2.45, 2.75) is 57.4 Å². The largest absolute Gasteiger partial charge is 0.314 e. The quantitative estimate of drug-likeness (QED) is 0.813. The maximum absolute atomic E-state index is 4.47. The summed E-state index contributed by atoms with van der Waals surface area (Å²) in [6.07, 6.45) is 13.2. The molecular weight excluding hydrogens is 210 g/mol. The van der Waals surface area contributed by atoms with E-state index in [0.29, 0.717) is 12.0 Å². The van der Waals surface area contributed by atoms with Crippen molar-refractivity contribution in [1.82, 2.24) is 15.3 Å². The minimum Gasteiger partial charge on any atom is -0.314 e. The van der Waals surface area contributed by atoms with Crippen molar-refractivity contribution < 1.29 is 0 Å². The molecule has 1 aromatic rings. The van der Waals surface area contributed by atoms with Gasteiger partial charge in [0.15, 0.2) is 0 Å². The zero-order valence-electron chi connectivity index (χ0n) is 10.7. The summed E-state index contributed by atoms with van der Waals surface area (Å²) in [5.74, 6) is 0.598. The summed E-state index contributed by atoms with van der Waals surface area (Å²) < 4.78 is 0. The van der Waals surface area contributed by atoms with Crippen molar-refractivity contribution in [3.63, 3.8) is 0 Å². The van der Waals surface area contributed by atoms with Gasteiger partial charge in [0, 0.05) is 30.6 Å². The molecule has 0 amide bonds. The van der Waals surface area contributed by atoms with Gasteiger partial charge < -0.3 is 5.32 Å². The summed E-state index contributed by atoms with van der Waals surface area (Å²) in [6.45, 7) is 3.36. The number of nitrogens with zero attached hydrogens (tertiary/aromatic N) is 2. The zero-order chi connectivity index (χ0) is 11.9. The Hall–Kier alpha value is -0.960. The highest BCUT2D eigenvalue weighted by Crippen LogP contribution is 2.30. The average Bonchev–Trinajstić information content (AvgIpc) is 2.63. The van der Waals surface area contributed by atoms with Crippen LogP contribution in [0.15, 0.2) is 18.6 Å². The minimum absolute atomic E-state index is 0.598. The highest BCUT2D eigenvalue weighted by molar-refractivity contribution is 5.05. The van der Waals surface area contributed by atoms with Gasteiger partial charge >= 0.3 is 0 Å². The van der Waals surface area contributed by atoms with Crippen LogP contribution >= 0.6 is 0 Å². The van der Waals surface area contributed by atoms with Crippen LogP contribution in [-0.4, -0.2) is 22.6 Å². The van der Waals surface area contributed by atoms with E-state index >= 15 is 0 Å². The Morgan fingerprint density at radius 3 is 2.94 bits per heavy atom. The smallest absolute Gasteiger partial charge is 0.0618 e. The fraction of sp³-hybridized carbons (Fsp3) is 0.714. The van der Waals surface area contributed by atoms with Gasteiger partial charge in [0.2, 0.25) is 0 Å². The van der Waals surface area contributed by atoms with Crippen LogP contribution in [0.5, 0.6) is 0 Å². The molecule has 1 saturated carbocycles. The Kier molecular flexibility index (Phi) is 4.92. The Labute approximate surface area is 104 Å². The number of nitrogens with one attached hydrogen (secondary N) is 1. The summed E-state index contributed by atoms with van der Waals surface area (Å²) in [5.41, 5.74) is 1.18. The number of aromatic nitrogens is 2. The fourth-order valence-electron chi connectivity index (χ4n) is 2.68. The molecule has 0 bridgehead atoms. The lowest BCUT2D eigenvalue weighted by Crippen LogP contribution is -2.30. The molecule has 1 aliphatic rings. The standard InChI is InChI=1S/C14H23N3/c1-2-7-16-13-6-4-3-5-12(10-13)14-11-15-8-9-17-14/h8-9,11-13,16H,2-7,10H2,1H3. The van der Waals surface area contributed by atoms with Gasteiger partial charge in [-0.15, -0.1) is 0 Å². The molecule has 1 fully saturated rings. The first-order chi connectivity index (χ1) is 8.40. The molecule has 0 saturated heterocycles. The monoisotopic (exact) mass is 233 g/mol. The summed E-state index contributed by atoms with van der Waals surface area (Å²) >= 11 is 0. The molecule has 1 N–H and O–H groups in total. The van der Waals surface area contributed by atoms with E-state index in [1.165, 1.54) is 44.2 Å². The van der Waals surface area contributed by atoms with Crippen molar-refractivity contribution in [1.29, 1.82) is 0 Å². The van der Waals surface area contributed by atoms with E-state index in [2.05, 4.69) is 22.2 Å². The Morgan fingerprint density at radius 2 is 2.18 bits per heavy atom. The second-order valence-corrected chi connectivity index (χ2v) is 5.00. The first kappa shape index (κ1) is 12.5. The van der Waals surface area contributed by atoms with Gasteiger partial charge in [-0.05, 0) is 32.2 Å². The molecule has 0 aromatic carbocycles. The van der Waals surface area contributed by atoms with E-state index in [-0.39, 0.29) is 0 Å². The molecule has 94 valence electrons. The highest BCUT2D eigenvalue weighted by Gasteiger charge is 2.21. The molecule has 17 heavy (non-hydrogen) atoms. The van der Waals surface area contributed by atoms with E-state index in [1.807, 2.05) is 12.4 Å². The number of hydrogen-bond donors (Lipinski definition) is 1. The molecule has 0 spiro atoms. The lowest BCUT2D eigenvalue weighted by atomic mass is 9.95. The number of rotatable bonds is 4. The summed E-state index contributed by atoms with van der Waals surface area (Å²) in [6, 6.07) is 0.671. The third kappa shape index (κ3) is 3.77. The van der Waals surface area contributed by atoms with Crippen molar-refractivity contribution >= 4 is 0 Å². The Morgan fingerprint density at radius 1 is 1.29 bits per heavy atom. The van der Waals surface area contributed by atoms with E-state index in [0.717, 1.165) is 6.54 Å². The van der Waals surface area contributed by atoms with Crippen LogP contribution in [0.25, 0.3) is 0 Å². The maximum Gasteiger partial charge on any atom is 0.0618 e. The van der Waals surface area contributed by atoms with Gasteiger partial charge in [0.05, 0.1) is 5.69 Å². The molecule has 0 radical (unpaired) electrons. The molecule has 2 unspecified atom stereocenters. The lowest BCUT2D eigenvalue weighted by Gasteiger charge is -2.20. The molecule has 1 heterocycles. The highest BCUT2D eigenvalue weighted by atomic mass is 14.9. The van der Waals surface area contributed by atoms with E-state index in [4.69, 9.17) is 0 Å². The van der Waals surface area contributed by atoms with Crippen LogP contribution < -0.4 is 5.32 Å². The molecule has 1 aromatic heterocycles. The third-order valence-electron chi connectivity index (χ3n) is 3.61. The molecule has 1 aliphatic carbocycles. The summed E-state index contributed by atoms with van der Waals surface area (Å²) in [7, 11) is 0. The molecule has 3 heteroatoms. The predicted molar refractivity (Wildman–Crippen MR) is 69.9 cm³/mol. The van der Waals surface area contributed by atoms with E-state index in [1.54, 1.807) is 6.20 Å². The van der Waals surface area contributed by atoms with Crippen LogP contribution in [0.3, 0.4) is 0 Å². The van der Waals surface area contributed by atoms with Gasteiger partial charge in [-0.3, -0.25) is 9.97 Å². The molecule has 3 nitrogen and oxygen atoms in total. The van der Waals surface area contributed by atoms with Crippen LogP contribution in [0, 0.1) is 0 Å². The molecule has 2 atom stereocenters. The van der Waals surface area contributed by atoms with E-state index < -0.39 is 0 Å². The fourth-order valence-corrected chi connectivity index (χ4v) is 2.68. The maximum atomic E-state index is 4.47. The lowest BCUT2D eigenvalue weighted by molar-refractivity contribution is 0.436. The number of hydrogen-bond acceptors (Lipinski definition) is 3. The van der Waals surface area contributed by atoms with Crippen LogP contribution in [-0.2, 0) is 0 Å². The van der Waals surface area contributed by atoms with Crippen LogP contribution in [0.4, 0.5) is 0 Å². The second kappa shape index (κ2) is 6.70.